The van der Waals surface area contributed by atoms with E-state index in [1.807, 2.05) is 20.8 Å². The van der Waals surface area contributed by atoms with Gasteiger partial charge in [0, 0.05) is 25.6 Å². The molecule has 1 N–H and O–H groups in total. The molecule has 1 aliphatic heterocycles. The zero-order valence-electron chi connectivity index (χ0n) is 12.1. The summed E-state index contributed by atoms with van der Waals surface area (Å²) in [5, 5.41) is 2.79. The third-order valence-corrected chi connectivity index (χ3v) is 2.94. The average molecular weight is 268 g/mol. The average Bonchev–Trinajstić information content (AvgIpc) is 2.34. The van der Waals surface area contributed by atoms with Gasteiger partial charge in [-0.1, -0.05) is 6.08 Å². The Morgan fingerprint density at radius 2 is 1.95 bits per heavy atom. The molecule has 1 saturated heterocycles. The van der Waals surface area contributed by atoms with Gasteiger partial charge in [-0.15, -0.1) is 6.58 Å². The highest BCUT2D eigenvalue weighted by Crippen LogP contribution is 2.19. The van der Waals surface area contributed by atoms with Gasteiger partial charge in [0.15, 0.2) is 0 Å². The van der Waals surface area contributed by atoms with E-state index >= 15 is 0 Å². The highest BCUT2D eigenvalue weighted by molar-refractivity contribution is 5.79. The van der Waals surface area contributed by atoms with Crippen molar-refractivity contribution in [3.05, 3.63) is 12.7 Å². The number of rotatable bonds is 3. The summed E-state index contributed by atoms with van der Waals surface area (Å²) < 4.78 is 5.31. The van der Waals surface area contributed by atoms with E-state index < -0.39 is 5.60 Å². The predicted octanol–water partition coefficient (Wildman–Crippen LogP) is 1.94. The summed E-state index contributed by atoms with van der Waals surface area (Å²) in [7, 11) is 0. The first-order valence-corrected chi connectivity index (χ1v) is 6.70. The van der Waals surface area contributed by atoms with E-state index in [0.29, 0.717) is 32.5 Å². The maximum Gasteiger partial charge on any atom is 0.410 e. The van der Waals surface area contributed by atoms with Crippen molar-refractivity contribution >= 4 is 12.0 Å². The second kappa shape index (κ2) is 6.59. The molecular formula is C14H24N2O3. The fourth-order valence-corrected chi connectivity index (χ4v) is 1.97. The summed E-state index contributed by atoms with van der Waals surface area (Å²) in [5.41, 5.74) is -0.477. The number of carbonyl (C=O) groups is 2. The molecular weight excluding hydrogens is 244 g/mol. The Morgan fingerprint density at radius 3 is 2.42 bits per heavy atom. The van der Waals surface area contributed by atoms with Crippen LogP contribution in [0.15, 0.2) is 12.7 Å². The van der Waals surface area contributed by atoms with Crippen LogP contribution in [0, 0.1) is 5.92 Å². The fraction of sp³-hybridized carbons (Fsp3) is 0.714. The summed E-state index contributed by atoms with van der Waals surface area (Å²) in [5.74, 6) is 0.0300. The summed E-state index contributed by atoms with van der Waals surface area (Å²) in [6.07, 6.45) is 2.73. The molecule has 0 aromatic rings. The van der Waals surface area contributed by atoms with E-state index in [4.69, 9.17) is 4.74 Å². The summed E-state index contributed by atoms with van der Waals surface area (Å²) in [6, 6.07) is 0. The highest BCUT2D eigenvalue weighted by Gasteiger charge is 2.29. The second-order valence-corrected chi connectivity index (χ2v) is 5.78. The first kappa shape index (κ1) is 15.5. The molecule has 1 heterocycles. The van der Waals surface area contributed by atoms with E-state index in [0.717, 1.165) is 0 Å². The largest absolute Gasteiger partial charge is 0.444 e. The van der Waals surface area contributed by atoms with Gasteiger partial charge in [-0.05, 0) is 33.6 Å². The summed E-state index contributed by atoms with van der Waals surface area (Å²) in [4.78, 5) is 25.3. The van der Waals surface area contributed by atoms with Crippen LogP contribution in [0.1, 0.15) is 33.6 Å². The fourth-order valence-electron chi connectivity index (χ4n) is 1.97. The van der Waals surface area contributed by atoms with Crippen LogP contribution in [0.3, 0.4) is 0 Å². The van der Waals surface area contributed by atoms with Gasteiger partial charge in [-0.2, -0.15) is 0 Å². The van der Waals surface area contributed by atoms with Crippen molar-refractivity contribution in [2.75, 3.05) is 19.6 Å². The molecule has 0 saturated carbocycles. The quantitative estimate of drug-likeness (QED) is 0.796. The number of hydrogen-bond donors (Lipinski definition) is 1. The number of amides is 2. The molecule has 0 unspecified atom stereocenters. The van der Waals surface area contributed by atoms with E-state index in [-0.39, 0.29) is 17.9 Å². The van der Waals surface area contributed by atoms with Crippen LogP contribution in [0.5, 0.6) is 0 Å². The number of carbonyl (C=O) groups excluding carboxylic acids is 2. The van der Waals surface area contributed by atoms with E-state index in [9.17, 15) is 9.59 Å². The molecule has 0 aromatic heterocycles. The van der Waals surface area contributed by atoms with Gasteiger partial charge in [0.1, 0.15) is 5.60 Å². The Morgan fingerprint density at radius 1 is 1.37 bits per heavy atom. The standard InChI is InChI=1S/C14H24N2O3/c1-5-8-15-12(17)11-6-9-16(10-7-11)13(18)19-14(2,3)4/h5,11H,1,6-10H2,2-4H3,(H,15,17). The van der Waals surface area contributed by atoms with Gasteiger partial charge in [0.25, 0.3) is 0 Å². The predicted molar refractivity (Wildman–Crippen MR) is 73.7 cm³/mol. The van der Waals surface area contributed by atoms with Gasteiger partial charge >= 0.3 is 6.09 Å². The van der Waals surface area contributed by atoms with E-state index in [1.165, 1.54) is 0 Å². The van der Waals surface area contributed by atoms with E-state index in [1.54, 1.807) is 11.0 Å². The zero-order valence-corrected chi connectivity index (χ0v) is 12.1. The van der Waals surface area contributed by atoms with Crippen molar-refractivity contribution in [3.63, 3.8) is 0 Å². The molecule has 0 atom stereocenters. The number of nitrogens with zero attached hydrogens (tertiary/aromatic N) is 1. The lowest BCUT2D eigenvalue weighted by Crippen LogP contribution is -2.44. The maximum atomic E-state index is 11.9. The maximum absolute atomic E-state index is 11.9. The molecule has 108 valence electrons. The Bertz CT molecular complexity index is 339. The van der Waals surface area contributed by atoms with Gasteiger partial charge in [-0.25, -0.2) is 4.79 Å². The van der Waals surface area contributed by atoms with Crippen LogP contribution >= 0.6 is 0 Å². The third-order valence-electron chi connectivity index (χ3n) is 2.94. The van der Waals surface area contributed by atoms with Crippen molar-refractivity contribution < 1.29 is 14.3 Å². The van der Waals surface area contributed by atoms with Gasteiger partial charge < -0.3 is 15.0 Å². The lowest BCUT2D eigenvalue weighted by molar-refractivity contribution is -0.126. The van der Waals surface area contributed by atoms with Crippen LogP contribution in [0.4, 0.5) is 4.79 Å². The van der Waals surface area contributed by atoms with Gasteiger partial charge in [0.05, 0.1) is 0 Å². The topological polar surface area (TPSA) is 58.6 Å². The van der Waals surface area contributed by atoms with Crippen molar-refractivity contribution in [1.82, 2.24) is 10.2 Å². The Hall–Kier alpha value is -1.52. The number of hydrogen-bond acceptors (Lipinski definition) is 3. The van der Waals surface area contributed by atoms with Crippen LogP contribution < -0.4 is 5.32 Å². The summed E-state index contributed by atoms with van der Waals surface area (Å²) in [6.45, 7) is 10.7. The van der Waals surface area contributed by atoms with Crippen LogP contribution in [0.25, 0.3) is 0 Å². The minimum atomic E-state index is -0.477. The smallest absolute Gasteiger partial charge is 0.410 e. The minimum Gasteiger partial charge on any atom is -0.444 e. The van der Waals surface area contributed by atoms with Gasteiger partial charge in [0.2, 0.25) is 5.91 Å². The van der Waals surface area contributed by atoms with Crippen LogP contribution in [-0.4, -0.2) is 42.1 Å². The monoisotopic (exact) mass is 268 g/mol. The molecule has 0 aliphatic carbocycles. The molecule has 1 rings (SSSR count). The second-order valence-electron chi connectivity index (χ2n) is 5.78. The van der Waals surface area contributed by atoms with Crippen molar-refractivity contribution in [3.8, 4) is 0 Å². The number of likely N-dealkylation sites (tertiary alicyclic amines) is 1. The molecule has 5 heteroatoms. The molecule has 1 aliphatic rings. The first-order valence-electron chi connectivity index (χ1n) is 6.70. The lowest BCUT2D eigenvalue weighted by Gasteiger charge is -2.32. The molecule has 1 fully saturated rings. The Labute approximate surface area is 115 Å². The molecule has 0 bridgehead atoms. The first-order chi connectivity index (χ1) is 8.83. The Kier molecular flexibility index (Phi) is 5.39. The molecule has 19 heavy (non-hydrogen) atoms. The number of piperidine rings is 1. The Balaban J connectivity index is 2.38. The van der Waals surface area contributed by atoms with Crippen molar-refractivity contribution in [2.24, 2.45) is 5.92 Å². The zero-order chi connectivity index (χ0) is 14.5. The normalized spacial score (nSPS) is 16.9. The van der Waals surface area contributed by atoms with Crippen LogP contribution in [-0.2, 0) is 9.53 Å². The molecule has 0 spiro atoms. The lowest BCUT2D eigenvalue weighted by atomic mass is 9.96. The summed E-state index contributed by atoms with van der Waals surface area (Å²) >= 11 is 0. The minimum absolute atomic E-state index is 0.0152. The SMILES string of the molecule is C=CCNC(=O)C1CCN(C(=O)OC(C)(C)C)CC1. The van der Waals surface area contributed by atoms with Crippen molar-refractivity contribution in [2.45, 2.75) is 39.2 Å². The molecule has 5 nitrogen and oxygen atoms in total. The number of nitrogens with one attached hydrogen (secondary N) is 1. The third kappa shape index (κ3) is 5.32. The van der Waals surface area contributed by atoms with Crippen molar-refractivity contribution in [1.29, 1.82) is 0 Å². The molecule has 2 amide bonds. The van der Waals surface area contributed by atoms with Crippen LogP contribution in [0.2, 0.25) is 0 Å². The highest BCUT2D eigenvalue weighted by atomic mass is 16.6. The molecule has 0 aromatic carbocycles. The van der Waals surface area contributed by atoms with E-state index in [2.05, 4.69) is 11.9 Å². The number of ether oxygens (including phenoxy) is 1. The molecule has 0 radical (unpaired) electrons. The van der Waals surface area contributed by atoms with Gasteiger partial charge in [-0.3, -0.25) is 4.79 Å².